The van der Waals surface area contributed by atoms with Crippen LogP contribution in [0.15, 0.2) is 12.2 Å². The van der Waals surface area contributed by atoms with Crippen LogP contribution < -0.4 is 0 Å². The molecule has 0 saturated heterocycles. The predicted molar refractivity (Wildman–Crippen MR) is 49.0 cm³/mol. The second-order valence-corrected chi connectivity index (χ2v) is 4.10. The third kappa shape index (κ3) is 7.46. The Morgan fingerprint density at radius 3 is 2.64 bits per heavy atom. The molecule has 0 amide bonds. The van der Waals surface area contributed by atoms with E-state index in [2.05, 4.69) is 6.58 Å². The lowest BCUT2D eigenvalue weighted by molar-refractivity contribution is -0.136. The van der Waals surface area contributed by atoms with Crippen molar-refractivity contribution in [2.24, 2.45) is 0 Å². The van der Waals surface area contributed by atoms with Crippen molar-refractivity contribution in [1.82, 2.24) is 0 Å². The summed E-state index contributed by atoms with van der Waals surface area (Å²) in [5.41, 5.74) is 1.09. The van der Waals surface area contributed by atoms with Crippen molar-refractivity contribution >= 4 is 17.7 Å². The first kappa shape index (κ1) is 10.6. The summed E-state index contributed by atoms with van der Waals surface area (Å²) in [5.74, 6) is 0.126. The van der Waals surface area contributed by atoms with E-state index in [-0.39, 0.29) is 11.7 Å². The molecule has 0 spiro atoms. The Balaban J connectivity index is 3.44. The van der Waals surface area contributed by atoms with Crippen LogP contribution in [0, 0.1) is 0 Å². The average molecular weight is 174 g/mol. The molecule has 0 fully saturated rings. The first-order valence-electron chi connectivity index (χ1n) is 3.50. The second-order valence-electron chi connectivity index (χ2n) is 2.68. The number of hydrogen-bond acceptors (Lipinski definition) is 2. The van der Waals surface area contributed by atoms with E-state index in [4.69, 9.17) is 5.11 Å². The van der Waals surface area contributed by atoms with E-state index < -0.39 is 5.97 Å². The van der Waals surface area contributed by atoms with Crippen LogP contribution in [0.2, 0.25) is 0 Å². The van der Waals surface area contributed by atoms with Crippen LogP contribution in [0.4, 0.5) is 0 Å². The molecule has 0 aromatic rings. The predicted octanol–water partition coefficient (Wildman–Crippen LogP) is 2.16. The quantitative estimate of drug-likeness (QED) is 0.649. The fraction of sp³-hybridized carbons (Fsp3) is 0.625. The highest BCUT2D eigenvalue weighted by Crippen LogP contribution is 2.15. The SMILES string of the molecule is C=C(C)CSC(C)CC(=O)O. The molecule has 0 aromatic carbocycles. The molecular weight excluding hydrogens is 160 g/mol. The second kappa shape index (κ2) is 5.24. The lowest BCUT2D eigenvalue weighted by Gasteiger charge is -2.06. The molecule has 0 rings (SSSR count). The fourth-order valence-electron chi connectivity index (χ4n) is 0.589. The minimum atomic E-state index is -0.730. The smallest absolute Gasteiger partial charge is 0.304 e. The summed E-state index contributed by atoms with van der Waals surface area (Å²) in [4.78, 5) is 10.2. The number of hydrogen-bond donors (Lipinski definition) is 1. The highest BCUT2D eigenvalue weighted by molar-refractivity contribution is 8.00. The van der Waals surface area contributed by atoms with Gasteiger partial charge in [-0.3, -0.25) is 4.79 Å². The van der Waals surface area contributed by atoms with Gasteiger partial charge in [-0.15, -0.1) is 0 Å². The molecule has 0 aromatic heterocycles. The largest absolute Gasteiger partial charge is 0.481 e. The van der Waals surface area contributed by atoms with Crippen LogP contribution in [0.1, 0.15) is 20.3 Å². The summed E-state index contributed by atoms with van der Waals surface area (Å²) >= 11 is 1.63. The van der Waals surface area contributed by atoms with Crippen molar-refractivity contribution in [2.75, 3.05) is 5.75 Å². The van der Waals surface area contributed by atoms with Gasteiger partial charge in [-0.1, -0.05) is 19.1 Å². The molecule has 0 aliphatic carbocycles. The van der Waals surface area contributed by atoms with E-state index in [1.165, 1.54) is 0 Å². The molecule has 0 heterocycles. The van der Waals surface area contributed by atoms with Crippen LogP contribution in [0.25, 0.3) is 0 Å². The van der Waals surface area contributed by atoms with Gasteiger partial charge in [0.25, 0.3) is 0 Å². The Labute approximate surface area is 71.7 Å². The normalized spacial score (nSPS) is 12.5. The summed E-state index contributed by atoms with van der Waals surface area (Å²) in [7, 11) is 0. The molecule has 3 heteroatoms. The molecule has 11 heavy (non-hydrogen) atoms. The molecule has 64 valence electrons. The van der Waals surface area contributed by atoms with Crippen LogP contribution in [0.5, 0.6) is 0 Å². The van der Waals surface area contributed by atoms with Crippen molar-refractivity contribution < 1.29 is 9.90 Å². The van der Waals surface area contributed by atoms with Gasteiger partial charge < -0.3 is 5.11 Å². The molecule has 1 unspecified atom stereocenters. The number of carbonyl (C=O) groups is 1. The van der Waals surface area contributed by atoms with E-state index in [0.717, 1.165) is 11.3 Å². The molecule has 0 bridgehead atoms. The van der Waals surface area contributed by atoms with Crippen molar-refractivity contribution in [3.63, 3.8) is 0 Å². The Bertz CT molecular complexity index is 154. The zero-order chi connectivity index (χ0) is 8.85. The van der Waals surface area contributed by atoms with Gasteiger partial charge in [-0.05, 0) is 6.92 Å². The third-order valence-corrected chi connectivity index (χ3v) is 2.47. The maximum Gasteiger partial charge on any atom is 0.304 e. The van der Waals surface area contributed by atoms with Gasteiger partial charge in [0, 0.05) is 11.0 Å². The topological polar surface area (TPSA) is 37.3 Å². The van der Waals surface area contributed by atoms with E-state index >= 15 is 0 Å². The number of carboxylic acids is 1. The standard InChI is InChI=1S/C8H14O2S/c1-6(2)5-11-7(3)4-8(9)10/h7H,1,4-5H2,2-3H3,(H,9,10). The van der Waals surface area contributed by atoms with E-state index in [1.54, 1.807) is 11.8 Å². The lowest BCUT2D eigenvalue weighted by atomic mass is 10.3. The Kier molecular flexibility index (Phi) is 5.03. The maximum atomic E-state index is 10.2. The number of thioether (sulfide) groups is 1. The Morgan fingerprint density at radius 2 is 2.27 bits per heavy atom. The zero-order valence-corrected chi connectivity index (χ0v) is 7.78. The monoisotopic (exact) mass is 174 g/mol. The molecule has 0 aliphatic rings. The van der Waals surface area contributed by atoms with Gasteiger partial charge in [0.1, 0.15) is 0 Å². The fourth-order valence-corrected chi connectivity index (χ4v) is 1.42. The van der Waals surface area contributed by atoms with Gasteiger partial charge in [-0.25, -0.2) is 0 Å². The highest BCUT2D eigenvalue weighted by Gasteiger charge is 2.06. The maximum absolute atomic E-state index is 10.2. The molecule has 0 aliphatic heterocycles. The van der Waals surface area contributed by atoms with Gasteiger partial charge in [0.05, 0.1) is 6.42 Å². The van der Waals surface area contributed by atoms with Crippen LogP contribution >= 0.6 is 11.8 Å². The highest BCUT2D eigenvalue weighted by atomic mass is 32.2. The zero-order valence-electron chi connectivity index (χ0n) is 6.96. The summed E-state index contributed by atoms with van der Waals surface area (Å²) in [6, 6.07) is 0. The molecule has 1 N–H and O–H groups in total. The first-order valence-corrected chi connectivity index (χ1v) is 4.55. The Morgan fingerprint density at radius 1 is 1.73 bits per heavy atom. The first-order chi connectivity index (χ1) is 5.02. The van der Waals surface area contributed by atoms with Crippen molar-refractivity contribution in [2.45, 2.75) is 25.5 Å². The summed E-state index contributed by atoms with van der Waals surface area (Å²) < 4.78 is 0. The van der Waals surface area contributed by atoms with Gasteiger partial charge >= 0.3 is 5.97 Å². The van der Waals surface area contributed by atoms with Crippen LogP contribution in [-0.4, -0.2) is 22.1 Å². The van der Waals surface area contributed by atoms with E-state index in [1.807, 2.05) is 13.8 Å². The summed E-state index contributed by atoms with van der Waals surface area (Å²) in [6.45, 7) is 7.60. The van der Waals surface area contributed by atoms with Crippen molar-refractivity contribution in [1.29, 1.82) is 0 Å². The number of carboxylic acid groups (broad SMARTS) is 1. The minimum absolute atomic E-state index is 0.184. The average Bonchev–Trinajstić information content (AvgIpc) is 1.82. The number of rotatable bonds is 5. The molecule has 1 atom stereocenters. The van der Waals surface area contributed by atoms with E-state index in [0.29, 0.717) is 0 Å². The lowest BCUT2D eigenvalue weighted by Crippen LogP contribution is -2.06. The van der Waals surface area contributed by atoms with Gasteiger partial charge in [-0.2, -0.15) is 11.8 Å². The van der Waals surface area contributed by atoms with Crippen LogP contribution in [0.3, 0.4) is 0 Å². The van der Waals surface area contributed by atoms with Crippen molar-refractivity contribution in [3.05, 3.63) is 12.2 Å². The number of aliphatic carboxylic acids is 1. The van der Waals surface area contributed by atoms with Gasteiger partial charge in [0.15, 0.2) is 0 Å². The molecular formula is C8H14O2S. The Hall–Kier alpha value is -0.440. The molecule has 0 radical (unpaired) electrons. The third-order valence-electron chi connectivity index (χ3n) is 1.08. The van der Waals surface area contributed by atoms with E-state index in [9.17, 15) is 4.79 Å². The van der Waals surface area contributed by atoms with Gasteiger partial charge in [0.2, 0.25) is 0 Å². The molecule has 0 saturated carbocycles. The molecule has 2 nitrogen and oxygen atoms in total. The minimum Gasteiger partial charge on any atom is -0.481 e. The van der Waals surface area contributed by atoms with Crippen molar-refractivity contribution in [3.8, 4) is 0 Å². The summed E-state index contributed by atoms with van der Waals surface area (Å²) in [6.07, 6.45) is 0.234. The summed E-state index contributed by atoms with van der Waals surface area (Å²) in [5, 5.41) is 8.60. The van der Waals surface area contributed by atoms with Crippen LogP contribution in [-0.2, 0) is 4.79 Å².